The van der Waals surface area contributed by atoms with Gasteiger partial charge in [-0.05, 0) is 58.5 Å². The molecule has 9 heteroatoms. The van der Waals surface area contributed by atoms with Gasteiger partial charge in [-0.25, -0.2) is 9.37 Å². The van der Waals surface area contributed by atoms with Gasteiger partial charge in [-0.2, -0.15) is 25.8 Å². The van der Waals surface area contributed by atoms with Crippen molar-refractivity contribution in [3.63, 3.8) is 0 Å². The van der Waals surface area contributed by atoms with Crippen LogP contribution in [0.4, 0.5) is 17.6 Å². The molecular weight excluding hydrogens is 357 g/mol. The summed E-state index contributed by atoms with van der Waals surface area (Å²) in [6, 6.07) is 1.09. The van der Waals surface area contributed by atoms with Crippen molar-refractivity contribution in [3.8, 4) is 5.88 Å². The Labute approximate surface area is 151 Å². The van der Waals surface area contributed by atoms with Crippen LogP contribution in [0.1, 0.15) is 47.0 Å². The minimum atomic E-state index is -4.55. The molecule has 0 aromatic carbocycles. The molecule has 0 N–H and O–H groups in total. The van der Waals surface area contributed by atoms with E-state index in [1.165, 1.54) is 6.20 Å². The fraction of sp³-hybridized carbons (Fsp3) is 0.688. The molecule has 2 rings (SSSR count). The highest BCUT2D eigenvalue weighted by Gasteiger charge is 2.61. The number of rotatable bonds is 6. The summed E-state index contributed by atoms with van der Waals surface area (Å²) in [5.74, 6) is -1.56. The Morgan fingerprint density at radius 1 is 1.20 bits per heavy atom. The van der Waals surface area contributed by atoms with E-state index in [0.717, 1.165) is 6.07 Å². The maximum atomic E-state index is 14.2. The molecular formula is C16H22BF4NO2S. The lowest BCUT2D eigenvalue weighted by molar-refractivity contribution is -0.275. The molecule has 0 spiro atoms. The Hall–Kier alpha value is -0.955. The number of hydrogen-bond acceptors (Lipinski definition) is 4. The lowest BCUT2D eigenvalue weighted by atomic mass is 9.79. The molecule has 1 aromatic heterocycles. The molecule has 0 radical (unpaired) electrons. The van der Waals surface area contributed by atoms with Crippen LogP contribution in [0.3, 0.4) is 0 Å². The van der Waals surface area contributed by atoms with Gasteiger partial charge in [0.15, 0.2) is 5.82 Å². The van der Waals surface area contributed by atoms with Gasteiger partial charge in [0.05, 0.1) is 5.60 Å². The fourth-order valence-electron chi connectivity index (χ4n) is 2.19. The van der Waals surface area contributed by atoms with Gasteiger partial charge in [0, 0.05) is 10.9 Å². The van der Waals surface area contributed by atoms with E-state index in [4.69, 9.17) is 9.39 Å². The van der Waals surface area contributed by atoms with Crippen LogP contribution in [-0.2, 0) is 4.65 Å². The number of thiol groups is 1. The van der Waals surface area contributed by atoms with E-state index in [2.05, 4.69) is 17.6 Å². The van der Waals surface area contributed by atoms with Crippen molar-refractivity contribution in [1.29, 1.82) is 0 Å². The van der Waals surface area contributed by atoms with Gasteiger partial charge in [-0.3, -0.25) is 0 Å². The molecule has 0 atom stereocenters. The molecule has 0 aliphatic heterocycles. The number of hydrogen-bond donors (Lipinski definition) is 1. The second-order valence-corrected chi connectivity index (χ2v) is 8.55. The minimum absolute atomic E-state index is 0.0611. The van der Waals surface area contributed by atoms with Gasteiger partial charge in [0.2, 0.25) is 5.60 Å². The van der Waals surface area contributed by atoms with E-state index >= 15 is 0 Å². The zero-order chi connectivity index (χ0) is 19.1. The third kappa shape index (κ3) is 4.24. The van der Waals surface area contributed by atoms with E-state index in [0.29, 0.717) is 11.9 Å². The standard InChI is InChI=1S/C16H22BF4NO2S/c1-13(2,14(3,4)25)24-17-10-8-11(18)12(22-9-10)23-15(6-5-7-15)16(19,20)21/h8-9,17,25H,5-7H2,1-4H3. The Balaban J connectivity index is 2.09. The summed E-state index contributed by atoms with van der Waals surface area (Å²) < 4.78 is 63.7. The molecule has 1 fully saturated rings. The predicted octanol–water partition coefficient (Wildman–Crippen LogP) is 3.56. The van der Waals surface area contributed by atoms with Crippen molar-refractivity contribution in [3.05, 3.63) is 18.1 Å². The van der Waals surface area contributed by atoms with Gasteiger partial charge in [-0.1, -0.05) is 0 Å². The van der Waals surface area contributed by atoms with Gasteiger partial charge < -0.3 is 9.39 Å². The summed E-state index contributed by atoms with van der Waals surface area (Å²) in [5, 5.41) is 0. The summed E-state index contributed by atoms with van der Waals surface area (Å²) in [5.41, 5.74) is -2.52. The maximum Gasteiger partial charge on any atom is 0.428 e. The van der Waals surface area contributed by atoms with Crippen LogP contribution in [0.5, 0.6) is 5.88 Å². The minimum Gasteiger partial charge on any atom is -0.459 e. The molecule has 1 aromatic rings. The molecule has 1 aliphatic rings. The first-order valence-corrected chi connectivity index (χ1v) is 8.49. The second kappa shape index (κ2) is 6.65. The summed E-state index contributed by atoms with van der Waals surface area (Å²) in [4.78, 5) is 3.73. The largest absolute Gasteiger partial charge is 0.459 e. The van der Waals surface area contributed by atoms with Crippen LogP contribution in [0.2, 0.25) is 0 Å². The average Bonchev–Trinajstić information content (AvgIpc) is 2.39. The quantitative estimate of drug-likeness (QED) is 0.466. The molecule has 0 unspecified atom stereocenters. The van der Waals surface area contributed by atoms with Gasteiger partial charge in [0.25, 0.3) is 5.88 Å². The zero-order valence-corrected chi connectivity index (χ0v) is 15.6. The molecule has 0 amide bonds. The first-order chi connectivity index (χ1) is 11.3. The third-order valence-electron chi connectivity index (χ3n) is 4.91. The van der Waals surface area contributed by atoms with Crippen LogP contribution in [0.25, 0.3) is 0 Å². The summed E-state index contributed by atoms with van der Waals surface area (Å²) in [6.45, 7) is 7.48. The number of aromatic nitrogens is 1. The van der Waals surface area contributed by atoms with Crippen LogP contribution < -0.4 is 10.2 Å². The lowest BCUT2D eigenvalue weighted by Gasteiger charge is -2.42. The normalized spacial score (nSPS) is 17.8. The molecule has 0 bridgehead atoms. The Morgan fingerprint density at radius 2 is 1.80 bits per heavy atom. The van der Waals surface area contributed by atoms with Gasteiger partial charge in [0.1, 0.15) is 0 Å². The molecule has 1 heterocycles. The van der Waals surface area contributed by atoms with Crippen molar-refractivity contribution in [2.24, 2.45) is 0 Å². The van der Waals surface area contributed by atoms with Crippen LogP contribution in [-0.4, -0.2) is 34.6 Å². The topological polar surface area (TPSA) is 31.4 Å². The predicted molar refractivity (Wildman–Crippen MR) is 92.5 cm³/mol. The van der Waals surface area contributed by atoms with Crippen molar-refractivity contribution in [2.75, 3.05) is 0 Å². The zero-order valence-electron chi connectivity index (χ0n) is 14.7. The number of alkyl halides is 3. The molecule has 3 nitrogen and oxygen atoms in total. The lowest BCUT2D eigenvalue weighted by Crippen LogP contribution is -2.55. The molecule has 25 heavy (non-hydrogen) atoms. The third-order valence-corrected chi connectivity index (χ3v) is 5.45. The van der Waals surface area contributed by atoms with Crippen molar-refractivity contribution >= 4 is 25.6 Å². The number of nitrogens with zero attached hydrogens (tertiary/aromatic N) is 1. The average molecular weight is 379 g/mol. The van der Waals surface area contributed by atoms with E-state index in [1.54, 1.807) is 0 Å². The number of halogens is 4. The van der Waals surface area contributed by atoms with Crippen LogP contribution in [0, 0.1) is 5.82 Å². The Bertz CT molecular complexity index is 628. The van der Waals surface area contributed by atoms with Crippen molar-refractivity contribution in [1.82, 2.24) is 4.98 Å². The fourth-order valence-corrected chi connectivity index (χ4v) is 2.25. The summed E-state index contributed by atoms with van der Waals surface area (Å²) >= 11 is 4.47. The van der Waals surface area contributed by atoms with Crippen molar-refractivity contribution in [2.45, 2.75) is 69.1 Å². The second-order valence-electron chi connectivity index (χ2n) is 7.44. The van der Waals surface area contributed by atoms with E-state index in [9.17, 15) is 17.6 Å². The maximum absolute atomic E-state index is 14.2. The molecule has 1 aliphatic carbocycles. The van der Waals surface area contributed by atoms with Crippen molar-refractivity contribution < 1.29 is 27.0 Å². The number of ether oxygens (including phenoxy) is 1. The molecule has 0 saturated heterocycles. The van der Waals surface area contributed by atoms with E-state index in [1.807, 2.05) is 27.7 Å². The van der Waals surface area contributed by atoms with E-state index < -0.39 is 33.8 Å². The smallest absolute Gasteiger partial charge is 0.428 e. The monoisotopic (exact) mass is 379 g/mol. The SMILES string of the molecule is CC(C)(S)C(C)(C)OBc1cnc(OC2(C(F)(F)F)CCC2)c(F)c1. The van der Waals surface area contributed by atoms with E-state index in [-0.39, 0.29) is 20.3 Å². The molecule has 140 valence electrons. The first-order valence-electron chi connectivity index (χ1n) is 8.04. The summed E-state index contributed by atoms with van der Waals surface area (Å²) in [7, 11) is 0.0611. The number of pyridine rings is 1. The highest BCUT2D eigenvalue weighted by Crippen LogP contribution is 2.48. The highest BCUT2D eigenvalue weighted by atomic mass is 32.1. The van der Waals surface area contributed by atoms with Crippen LogP contribution in [0.15, 0.2) is 12.3 Å². The molecule has 1 saturated carbocycles. The van der Waals surface area contributed by atoms with Gasteiger partial charge in [-0.15, -0.1) is 0 Å². The van der Waals surface area contributed by atoms with Gasteiger partial charge >= 0.3 is 13.7 Å². The first kappa shape index (κ1) is 20.4. The van der Waals surface area contributed by atoms with Crippen LogP contribution >= 0.6 is 12.6 Å². The highest BCUT2D eigenvalue weighted by molar-refractivity contribution is 7.81. The summed E-state index contributed by atoms with van der Waals surface area (Å²) in [6.07, 6.45) is -3.27. The Morgan fingerprint density at radius 3 is 2.20 bits per heavy atom. The Kier molecular flexibility index (Phi) is 5.41.